The van der Waals surface area contributed by atoms with Crippen molar-refractivity contribution < 1.29 is 30.4 Å². The average molecular weight is 473 g/mol. The number of benzene rings is 4. The molecule has 0 unspecified atom stereocenters. The molecule has 0 fully saturated rings. The van der Waals surface area contributed by atoms with Gasteiger partial charge < -0.3 is 14.7 Å². The molecular weight excluding hydrogens is 444 g/mol. The minimum Gasteiger partial charge on any atom is -0.340 e. The molecule has 0 aliphatic carbocycles. The van der Waals surface area contributed by atoms with E-state index in [2.05, 4.69) is 59.7 Å². The predicted molar refractivity (Wildman–Crippen MR) is 133 cm³/mol. The van der Waals surface area contributed by atoms with E-state index in [-0.39, 0.29) is 5.41 Å². The molecule has 0 aromatic heterocycles. The topological polar surface area (TPSA) is 88.4 Å². The molecule has 4 aromatic carbocycles. The lowest BCUT2D eigenvalue weighted by Crippen LogP contribution is -2.26. The van der Waals surface area contributed by atoms with Crippen LogP contribution in [0.15, 0.2) is 97.1 Å². The zero-order valence-corrected chi connectivity index (χ0v) is 19.8. The first kappa shape index (κ1) is 24.3. The van der Waals surface area contributed by atoms with Crippen molar-refractivity contribution in [2.45, 2.75) is 31.6 Å². The van der Waals surface area contributed by atoms with Crippen molar-refractivity contribution in [1.29, 1.82) is 0 Å². The predicted octanol–water partition coefficient (Wildman–Crippen LogP) is 6.92. The Morgan fingerprint density at radius 2 is 0.629 bits per heavy atom. The minimum absolute atomic E-state index is 0.275. The summed E-state index contributed by atoms with van der Waals surface area (Å²) >= 11 is 0. The van der Waals surface area contributed by atoms with Crippen molar-refractivity contribution in [1.82, 2.24) is 0 Å². The Bertz CT molecular complexity index is 1200. The number of hydrogen-bond donors (Lipinski definition) is 3. The van der Waals surface area contributed by atoms with E-state index < -0.39 is 5.41 Å². The maximum atomic E-state index is 9.00. The minimum atomic E-state index is -0.537. The Morgan fingerprint density at radius 1 is 0.400 bits per heavy atom. The van der Waals surface area contributed by atoms with Crippen LogP contribution in [0.25, 0.3) is 0 Å². The molecule has 0 bridgehead atoms. The van der Waals surface area contributed by atoms with Crippen LogP contribution in [0.2, 0.25) is 0 Å². The van der Waals surface area contributed by atoms with Gasteiger partial charge in [0.2, 0.25) is 0 Å². The molecule has 4 rings (SSSR count). The van der Waals surface area contributed by atoms with Gasteiger partial charge in [-0.05, 0) is 71.1 Å². The van der Waals surface area contributed by atoms with Crippen molar-refractivity contribution in [2.75, 3.05) is 0 Å². The molecule has 3 N–H and O–H groups in total. The van der Waals surface area contributed by atoms with Crippen molar-refractivity contribution in [3.8, 4) is 17.2 Å². The average Bonchev–Trinajstić information content (AvgIpc) is 2.92. The van der Waals surface area contributed by atoms with E-state index in [9.17, 15) is 0 Å². The highest BCUT2D eigenvalue weighted by Crippen LogP contribution is 2.41. The molecule has 0 aliphatic rings. The highest BCUT2D eigenvalue weighted by atomic mass is 17.1. The maximum absolute atomic E-state index is 9.00. The molecule has 0 saturated heterocycles. The quantitative estimate of drug-likeness (QED) is 0.147. The van der Waals surface area contributed by atoms with E-state index in [1.54, 1.807) is 36.4 Å². The van der Waals surface area contributed by atoms with E-state index in [1.165, 1.54) is 0 Å². The first-order chi connectivity index (χ1) is 16.8. The van der Waals surface area contributed by atoms with Crippen molar-refractivity contribution >= 4 is 0 Å². The molecule has 0 radical (unpaired) electrons. The molecule has 4 aromatic rings. The van der Waals surface area contributed by atoms with Crippen molar-refractivity contribution in [3.63, 3.8) is 0 Å². The van der Waals surface area contributed by atoms with Crippen LogP contribution in [0, 0.1) is 0 Å². The molecule has 6 nitrogen and oxygen atoms in total. The third-order valence-electron chi connectivity index (χ3n) is 6.94. The van der Waals surface area contributed by atoms with E-state index >= 15 is 0 Å². The van der Waals surface area contributed by atoms with Gasteiger partial charge in [-0.2, -0.15) is 0 Å². The van der Waals surface area contributed by atoms with Crippen LogP contribution in [0.4, 0.5) is 0 Å². The molecular formula is C29H28O6. The zero-order valence-electron chi connectivity index (χ0n) is 19.8. The van der Waals surface area contributed by atoms with Gasteiger partial charge in [0.05, 0.1) is 0 Å². The summed E-state index contributed by atoms with van der Waals surface area (Å²) in [5.41, 5.74) is 4.48. The summed E-state index contributed by atoms with van der Waals surface area (Å²) in [6.07, 6.45) is 0. The Morgan fingerprint density at radius 3 is 0.914 bits per heavy atom. The van der Waals surface area contributed by atoms with Crippen LogP contribution in [-0.4, -0.2) is 15.8 Å². The van der Waals surface area contributed by atoms with Crippen LogP contribution >= 0.6 is 0 Å². The molecule has 0 saturated carbocycles. The first-order valence-corrected chi connectivity index (χ1v) is 11.2. The van der Waals surface area contributed by atoms with E-state index in [0.29, 0.717) is 17.2 Å². The van der Waals surface area contributed by atoms with Gasteiger partial charge >= 0.3 is 0 Å². The Hall–Kier alpha value is -3.84. The summed E-state index contributed by atoms with van der Waals surface area (Å²) in [5.74, 6) is 1.11. The fourth-order valence-corrected chi connectivity index (χ4v) is 4.52. The molecule has 0 atom stereocenters. The monoisotopic (exact) mass is 472 g/mol. The van der Waals surface area contributed by atoms with Gasteiger partial charge in [0, 0.05) is 10.8 Å². The summed E-state index contributed by atoms with van der Waals surface area (Å²) in [6, 6.07) is 30.4. The molecule has 0 spiro atoms. The second-order valence-corrected chi connectivity index (χ2v) is 9.17. The number of hydrogen-bond acceptors (Lipinski definition) is 6. The molecule has 35 heavy (non-hydrogen) atoms. The van der Waals surface area contributed by atoms with Gasteiger partial charge in [0.25, 0.3) is 0 Å². The number of rotatable bonds is 8. The fraction of sp³-hybridized carbons (Fsp3) is 0.172. The smallest absolute Gasteiger partial charge is 0.165 e. The maximum Gasteiger partial charge on any atom is 0.165 e. The standard InChI is InChI=1S/C29H28O6/c1-28(2,21-8-14-25(33-30)15-9-21)20-4-6-22(7-5-20)29(3,23-10-16-26(34-31)17-11-23)24-12-18-27(35-32)19-13-24/h4-19,30-32H,1-3H3. The van der Waals surface area contributed by atoms with Gasteiger partial charge in [0.1, 0.15) is 0 Å². The molecule has 0 heterocycles. The molecule has 6 heteroatoms. The summed E-state index contributed by atoms with van der Waals surface area (Å²) in [4.78, 5) is 13.0. The summed E-state index contributed by atoms with van der Waals surface area (Å²) in [7, 11) is 0. The van der Waals surface area contributed by atoms with E-state index in [1.807, 2.05) is 36.4 Å². The Labute approximate surface area is 204 Å². The lowest BCUT2D eigenvalue weighted by molar-refractivity contribution is -0.137. The normalized spacial score (nSPS) is 11.7. The highest BCUT2D eigenvalue weighted by Gasteiger charge is 2.32. The Balaban J connectivity index is 1.77. The van der Waals surface area contributed by atoms with Gasteiger partial charge in [-0.1, -0.05) is 74.5 Å². The SMILES string of the molecule is CC(C)(c1ccc(OO)cc1)c1ccc(C(C)(c2ccc(OO)cc2)c2ccc(OO)cc2)cc1. The summed E-state index contributed by atoms with van der Waals surface area (Å²) < 4.78 is 0. The van der Waals surface area contributed by atoms with Crippen molar-refractivity contribution in [3.05, 3.63) is 125 Å². The van der Waals surface area contributed by atoms with Gasteiger partial charge in [-0.15, -0.1) is 0 Å². The van der Waals surface area contributed by atoms with Crippen molar-refractivity contribution in [2.24, 2.45) is 0 Å². The third kappa shape index (κ3) is 4.59. The van der Waals surface area contributed by atoms with Crippen LogP contribution < -0.4 is 14.7 Å². The summed E-state index contributed by atoms with van der Waals surface area (Å²) in [5, 5.41) is 26.9. The van der Waals surface area contributed by atoms with Crippen LogP contribution in [0.1, 0.15) is 48.6 Å². The molecule has 0 amide bonds. The largest absolute Gasteiger partial charge is 0.340 e. The van der Waals surface area contributed by atoms with E-state index in [0.717, 1.165) is 27.8 Å². The second kappa shape index (κ2) is 9.80. The Kier molecular flexibility index (Phi) is 6.80. The van der Waals surface area contributed by atoms with E-state index in [4.69, 9.17) is 15.8 Å². The molecule has 0 aliphatic heterocycles. The second-order valence-electron chi connectivity index (χ2n) is 9.17. The van der Waals surface area contributed by atoms with Gasteiger partial charge in [-0.25, -0.2) is 15.8 Å². The molecule has 180 valence electrons. The van der Waals surface area contributed by atoms with Gasteiger partial charge in [0.15, 0.2) is 17.2 Å². The van der Waals surface area contributed by atoms with Gasteiger partial charge in [-0.3, -0.25) is 0 Å². The lowest BCUT2D eigenvalue weighted by atomic mass is 9.70. The van der Waals surface area contributed by atoms with Crippen LogP contribution in [-0.2, 0) is 10.8 Å². The zero-order chi connectivity index (χ0) is 25.1. The van der Waals surface area contributed by atoms with Crippen LogP contribution in [0.5, 0.6) is 17.2 Å². The lowest BCUT2D eigenvalue weighted by Gasteiger charge is -2.33. The first-order valence-electron chi connectivity index (χ1n) is 11.2. The highest BCUT2D eigenvalue weighted by molar-refractivity contribution is 5.52. The third-order valence-corrected chi connectivity index (χ3v) is 6.94. The fourth-order valence-electron chi connectivity index (χ4n) is 4.52. The van der Waals surface area contributed by atoms with Crippen LogP contribution in [0.3, 0.4) is 0 Å². The summed E-state index contributed by atoms with van der Waals surface area (Å²) in [6.45, 7) is 6.43.